The van der Waals surface area contributed by atoms with Crippen molar-refractivity contribution in [3.63, 3.8) is 0 Å². The minimum Gasteiger partial charge on any atom is -0.265 e. The second-order valence-corrected chi connectivity index (χ2v) is 5.57. The predicted octanol–water partition coefficient (Wildman–Crippen LogP) is 6.03. The van der Waals surface area contributed by atoms with Gasteiger partial charge in [-0.2, -0.15) is 0 Å². The molecule has 0 saturated carbocycles. The summed E-state index contributed by atoms with van der Waals surface area (Å²) in [7, 11) is 0. The molecule has 24 heavy (non-hydrogen) atoms. The highest BCUT2D eigenvalue weighted by molar-refractivity contribution is 6.24. The Morgan fingerprint density at radius 3 is 1.50 bits per heavy atom. The molecule has 1 aromatic heterocycles. The van der Waals surface area contributed by atoms with Crippen molar-refractivity contribution in [1.29, 1.82) is 0 Å². The average molecular weight is 306 g/mol. The summed E-state index contributed by atoms with van der Waals surface area (Å²) in [6, 6.07) is 32.5. The minimum atomic E-state index is 1.21. The third kappa shape index (κ3) is 2.61. The van der Waals surface area contributed by atoms with Gasteiger partial charge in [0.1, 0.15) is 0 Å². The van der Waals surface area contributed by atoms with Crippen molar-refractivity contribution in [2.24, 2.45) is 0 Å². The first kappa shape index (κ1) is 14.4. The molecule has 1 radical (unpaired) electrons. The zero-order valence-corrected chi connectivity index (χ0v) is 13.2. The summed E-state index contributed by atoms with van der Waals surface area (Å²) in [5.41, 5.74) is 0. The largest absolute Gasteiger partial charge is 0.265 e. The molecule has 0 bridgehead atoms. The summed E-state index contributed by atoms with van der Waals surface area (Å²) < 4.78 is 0. The highest BCUT2D eigenvalue weighted by Crippen LogP contribution is 2.34. The van der Waals surface area contributed by atoms with Crippen LogP contribution in [0, 0.1) is 6.07 Å². The van der Waals surface area contributed by atoms with Gasteiger partial charge in [0.25, 0.3) is 0 Å². The van der Waals surface area contributed by atoms with Gasteiger partial charge in [0.15, 0.2) is 0 Å². The molecule has 5 rings (SSSR count). The summed E-state index contributed by atoms with van der Waals surface area (Å²) in [6.45, 7) is 0. The SMILES string of the molecule is [c]1cccc2c1c1ccccc1c1ccccc21.c1ccncc1. The van der Waals surface area contributed by atoms with Crippen LogP contribution in [0.4, 0.5) is 0 Å². The number of fused-ring (bicyclic) bond motifs is 6. The van der Waals surface area contributed by atoms with Gasteiger partial charge in [0.05, 0.1) is 0 Å². The highest BCUT2D eigenvalue weighted by atomic mass is 14.6. The maximum Gasteiger partial charge on any atom is 0.0267 e. The first-order valence-corrected chi connectivity index (χ1v) is 8.00. The zero-order valence-electron chi connectivity index (χ0n) is 13.2. The van der Waals surface area contributed by atoms with Crippen LogP contribution in [0.15, 0.2) is 97.3 Å². The summed E-state index contributed by atoms with van der Waals surface area (Å²) in [6.07, 6.45) is 3.50. The number of benzene rings is 4. The molecule has 0 spiro atoms. The van der Waals surface area contributed by atoms with Crippen LogP contribution in [-0.4, -0.2) is 4.98 Å². The lowest BCUT2D eigenvalue weighted by Gasteiger charge is -2.09. The predicted molar refractivity (Wildman–Crippen MR) is 102 cm³/mol. The average Bonchev–Trinajstić information content (AvgIpc) is 2.70. The van der Waals surface area contributed by atoms with Crippen LogP contribution >= 0.6 is 0 Å². The van der Waals surface area contributed by atoms with Crippen molar-refractivity contribution in [2.75, 3.05) is 0 Å². The van der Waals surface area contributed by atoms with Gasteiger partial charge in [-0.1, -0.05) is 72.8 Å². The molecule has 0 fully saturated rings. The van der Waals surface area contributed by atoms with Gasteiger partial charge in [-0.3, -0.25) is 4.98 Å². The van der Waals surface area contributed by atoms with E-state index >= 15 is 0 Å². The molecule has 1 heterocycles. The third-order valence-corrected chi connectivity index (χ3v) is 4.13. The van der Waals surface area contributed by atoms with Crippen molar-refractivity contribution in [3.05, 3.63) is 103 Å². The molecule has 0 atom stereocenters. The molecular formula is C23H16N. The van der Waals surface area contributed by atoms with E-state index in [1.54, 1.807) is 12.4 Å². The standard InChI is InChI=1S/C18H11.C5H5N/c1-2-8-14-13(7-1)15-9-3-4-11-17(15)18-12-6-5-10-16(14)18;1-2-4-6-5-3-1/h1-11H;1-5H. The van der Waals surface area contributed by atoms with Crippen molar-refractivity contribution in [1.82, 2.24) is 4.98 Å². The van der Waals surface area contributed by atoms with Gasteiger partial charge >= 0.3 is 0 Å². The number of pyridine rings is 1. The number of rotatable bonds is 0. The fraction of sp³-hybridized carbons (Fsp3) is 0. The van der Waals surface area contributed by atoms with Crippen molar-refractivity contribution >= 4 is 32.3 Å². The number of hydrogen-bond donors (Lipinski definition) is 0. The Balaban J connectivity index is 0.000000207. The smallest absolute Gasteiger partial charge is 0.0267 e. The molecule has 0 aliphatic carbocycles. The summed E-state index contributed by atoms with van der Waals surface area (Å²) in [5.74, 6) is 0. The first-order valence-electron chi connectivity index (χ1n) is 8.00. The van der Waals surface area contributed by atoms with Gasteiger partial charge in [-0.05, 0) is 50.5 Å². The van der Waals surface area contributed by atoms with E-state index in [4.69, 9.17) is 0 Å². The quantitative estimate of drug-likeness (QED) is 0.318. The first-order chi connectivity index (χ1) is 11.9. The Morgan fingerprint density at radius 2 is 1.00 bits per heavy atom. The van der Waals surface area contributed by atoms with Crippen molar-refractivity contribution in [2.45, 2.75) is 0 Å². The Bertz CT molecular complexity index is 851. The lowest BCUT2D eigenvalue weighted by molar-refractivity contribution is 1.33. The van der Waals surface area contributed by atoms with Gasteiger partial charge < -0.3 is 0 Å². The van der Waals surface area contributed by atoms with Crippen LogP contribution in [0.5, 0.6) is 0 Å². The van der Waals surface area contributed by atoms with Gasteiger partial charge in [-0.25, -0.2) is 0 Å². The Labute approximate surface area is 141 Å². The molecule has 0 N–H and O–H groups in total. The lowest BCUT2D eigenvalue weighted by atomic mass is 9.95. The van der Waals surface area contributed by atoms with Crippen molar-refractivity contribution < 1.29 is 0 Å². The van der Waals surface area contributed by atoms with Crippen LogP contribution in [0.1, 0.15) is 0 Å². The third-order valence-electron chi connectivity index (χ3n) is 4.13. The fourth-order valence-electron chi connectivity index (χ4n) is 3.09. The van der Waals surface area contributed by atoms with Crippen LogP contribution in [0.2, 0.25) is 0 Å². The zero-order chi connectivity index (χ0) is 16.2. The molecule has 0 unspecified atom stereocenters. The maximum atomic E-state index is 3.78. The van der Waals surface area contributed by atoms with Crippen molar-refractivity contribution in [3.8, 4) is 0 Å². The second kappa shape index (κ2) is 6.51. The number of nitrogens with zero attached hydrogens (tertiary/aromatic N) is 1. The number of hydrogen-bond acceptors (Lipinski definition) is 1. The fourth-order valence-corrected chi connectivity index (χ4v) is 3.09. The molecule has 1 nitrogen and oxygen atoms in total. The van der Waals surface area contributed by atoms with E-state index < -0.39 is 0 Å². The number of aromatic nitrogens is 1. The van der Waals surface area contributed by atoms with E-state index in [2.05, 4.69) is 71.7 Å². The van der Waals surface area contributed by atoms with E-state index in [0.29, 0.717) is 0 Å². The molecular weight excluding hydrogens is 290 g/mol. The molecule has 0 aliphatic rings. The van der Waals surface area contributed by atoms with E-state index in [9.17, 15) is 0 Å². The lowest BCUT2D eigenvalue weighted by Crippen LogP contribution is -1.82. The highest BCUT2D eigenvalue weighted by Gasteiger charge is 2.06. The summed E-state index contributed by atoms with van der Waals surface area (Å²) in [5, 5.41) is 7.72. The van der Waals surface area contributed by atoms with E-state index in [-0.39, 0.29) is 0 Å². The summed E-state index contributed by atoms with van der Waals surface area (Å²) >= 11 is 0. The summed E-state index contributed by atoms with van der Waals surface area (Å²) in [4.78, 5) is 3.78. The van der Waals surface area contributed by atoms with Crippen LogP contribution in [-0.2, 0) is 0 Å². The van der Waals surface area contributed by atoms with E-state index in [1.807, 2.05) is 24.3 Å². The van der Waals surface area contributed by atoms with E-state index in [0.717, 1.165) is 0 Å². The molecule has 0 amide bonds. The Kier molecular flexibility index (Phi) is 3.91. The van der Waals surface area contributed by atoms with E-state index in [1.165, 1.54) is 32.3 Å². The van der Waals surface area contributed by atoms with Crippen LogP contribution in [0.3, 0.4) is 0 Å². The molecule has 4 aromatic carbocycles. The topological polar surface area (TPSA) is 12.9 Å². The Morgan fingerprint density at radius 1 is 0.500 bits per heavy atom. The monoisotopic (exact) mass is 306 g/mol. The van der Waals surface area contributed by atoms with Crippen LogP contribution < -0.4 is 0 Å². The Hall–Kier alpha value is -3.19. The molecule has 113 valence electrons. The van der Waals surface area contributed by atoms with Gasteiger partial charge in [-0.15, -0.1) is 0 Å². The molecule has 0 saturated heterocycles. The second-order valence-electron chi connectivity index (χ2n) is 5.57. The molecule has 5 aromatic rings. The minimum absolute atomic E-state index is 1.21. The maximum absolute atomic E-state index is 3.78. The molecule has 1 heteroatoms. The van der Waals surface area contributed by atoms with Crippen LogP contribution in [0.25, 0.3) is 32.3 Å². The van der Waals surface area contributed by atoms with Gasteiger partial charge in [0, 0.05) is 12.4 Å². The molecule has 0 aliphatic heterocycles. The normalized spacial score (nSPS) is 10.5. The van der Waals surface area contributed by atoms with Gasteiger partial charge in [0.2, 0.25) is 0 Å².